The van der Waals surface area contributed by atoms with Gasteiger partial charge >= 0.3 is 0 Å². The Balaban J connectivity index is 2.17. The summed E-state index contributed by atoms with van der Waals surface area (Å²) in [5.74, 6) is 2.23. The van der Waals surface area contributed by atoms with Crippen LogP contribution >= 0.6 is 0 Å². The van der Waals surface area contributed by atoms with Crippen LogP contribution in [0.25, 0.3) is 0 Å². The van der Waals surface area contributed by atoms with Crippen LogP contribution in [-0.4, -0.2) is 32.0 Å². The minimum atomic E-state index is 0.180. The fourth-order valence-corrected chi connectivity index (χ4v) is 3.13. The molecule has 0 aliphatic heterocycles. The van der Waals surface area contributed by atoms with Gasteiger partial charge < -0.3 is 19.3 Å². The Morgan fingerprint density at radius 3 is 2.37 bits per heavy atom. The van der Waals surface area contributed by atoms with E-state index in [9.17, 15) is 5.11 Å². The summed E-state index contributed by atoms with van der Waals surface area (Å²) in [6, 6.07) is 16.2. The van der Waals surface area contributed by atoms with Crippen molar-refractivity contribution >= 4 is 0 Å². The second kappa shape index (κ2) is 11.6. The van der Waals surface area contributed by atoms with Gasteiger partial charge in [0, 0.05) is 26.7 Å². The van der Waals surface area contributed by atoms with Gasteiger partial charge in [-0.1, -0.05) is 50.2 Å². The van der Waals surface area contributed by atoms with Crippen molar-refractivity contribution in [2.75, 3.05) is 26.9 Å². The van der Waals surface area contributed by atoms with Crippen LogP contribution < -0.4 is 9.47 Å². The Morgan fingerprint density at radius 1 is 0.926 bits per heavy atom. The van der Waals surface area contributed by atoms with E-state index in [1.165, 1.54) is 5.56 Å². The largest absolute Gasteiger partial charge is 0.490 e. The van der Waals surface area contributed by atoms with E-state index in [-0.39, 0.29) is 6.61 Å². The monoisotopic (exact) mass is 372 g/mol. The van der Waals surface area contributed by atoms with Crippen LogP contribution in [0, 0.1) is 5.92 Å². The first-order valence-corrected chi connectivity index (χ1v) is 9.69. The SMILES string of the molecule is COCCCOc1cc([C@@H](CCO)C(C)C)ccc1OCc1ccccc1. The van der Waals surface area contributed by atoms with Gasteiger partial charge in [0.15, 0.2) is 11.5 Å². The predicted molar refractivity (Wildman–Crippen MR) is 108 cm³/mol. The summed E-state index contributed by atoms with van der Waals surface area (Å²) in [6.07, 6.45) is 1.56. The minimum Gasteiger partial charge on any atom is -0.490 e. The second-order valence-corrected chi connectivity index (χ2v) is 7.04. The molecule has 0 aliphatic rings. The molecule has 0 spiro atoms. The quantitative estimate of drug-likeness (QED) is 0.544. The van der Waals surface area contributed by atoms with Gasteiger partial charge in [0.1, 0.15) is 6.61 Å². The molecule has 0 aromatic heterocycles. The van der Waals surface area contributed by atoms with Gasteiger partial charge in [0.25, 0.3) is 0 Å². The van der Waals surface area contributed by atoms with Crippen molar-refractivity contribution < 1.29 is 19.3 Å². The molecule has 2 rings (SSSR count). The Kier molecular flexibility index (Phi) is 9.16. The van der Waals surface area contributed by atoms with Crippen molar-refractivity contribution in [2.45, 2.75) is 39.2 Å². The molecule has 1 N–H and O–H groups in total. The molecule has 4 nitrogen and oxygen atoms in total. The van der Waals surface area contributed by atoms with Crippen LogP contribution in [0.3, 0.4) is 0 Å². The van der Waals surface area contributed by atoms with Crippen LogP contribution in [0.2, 0.25) is 0 Å². The molecule has 0 aliphatic carbocycles. The van der Waals surface area contributed by atoms with Crippen molar-refractivity contribution in [1.82, 2.24) is 0 Å². The van der Waals surface area contributed by atoms with E-state index in [1.807, 2.05) is 36.4 Å². The van der Waals surface area contributed by atoms with Gasteiger partial charge in [-0.2, -0.15) is 0 Å². The Labute approximate surface area is 163 Å². The highest BCUT2D eigenvalue weighted by Crippen LogP contribution is 2.35. The van der Waals surface area contributed by atoms with Gasteiger partial charge in [-0.05, 0) is 41.5 Å². The fourth-order valence-electron chi connectivity index (χ4n) is 3.13. The smallest absolute Gasteiger partial charge is 0.161 e. The Morgan fingerprint density at radius 2 is 1.70 bits per heavy atom. The highest BCUT2D eigenvalue weighted by atomic mass is 16.5. The van der Waals surface area contributed by atoms with Crippen LogP contribution in [0.5, 0.6) is 11.5 Å². The number of methoxy groups -OCH3 is 1. The summed E-state index contributed by atoms with van der Waals surface area (Å²) in [7, 11) is 1.69. The summed E-state index contributed by atoms with van der Waals surface area (Å²) in [6.45, 7) is 6.28. The molecule has 1 atom stereocenters. The number of ether oxygens (including phenoxy) is 3. The molecule has 0 unspecified atom stereocenters. The predicted octanol–water partition coefficient (Wildman–Crippen LogP) is 4.80. The molecule has 0 saturated carbocycles. The molecule has 148 valence electrons. The zero-order chi connectivity index (χ0) is 19.5. The van der Waals surface area contributed by atoms with Crippen LogP contribution in [-0.2, 0) is 11.3 Å². The number of aliphatic hydroxyl groups excluding tert-OH is 1. The third kappa shape index (κ3) is 6.89. The number of benzene rings is 2. The Hall–Kier alpha value is -2.04. The highest BCUT2D eigenvalue weighted by molar-refractivity contribution is 5.44. The normalized spacial score (nSPS) is 12.2. The third-order valence-corrected chi connectivity index (χ3v) is 4.63. The summed E-state index contributed by atoms with van der Waals surface area (Å²) in [5.41, 5.74) is 2.29. The van der Waals surface area contributed by atoms with Crippen LogP contribution in [0.1, 0.15) is 43.7 Å². The van der Waals surface area contributed by atoms with Crippen molar-refractivity contribution in [3.05, 3.63) is 59.7 Å². The first-order chi connectivity index (χ1) is 13.2. The van der Waals surface area contributed by atoms with Gasteiger partial charge in [0.05, 0.1) is 6.61 Å². The maximum absolute atomic E-state index is 9.41. The lowest BCUT2D eigenvalue weighted by atomic mass is 9.86. The summed E-state index contributed by atoms with van der Waals surface area (Å²) < 4.78 is 17.1. The van der Waals surface area contributed by atoms with Crippen LogP contribution in [0.4, 0.5) is 0 Å². The molecule has 2 aromatic rings. The first-order valence-electron chi connectivity index (χ1n) is 9.69. The summed E-state index contributed by atoms with van der Waals surface area (Å²) in [5, 5.41) is 9.41. The van der Waals surface area contributed by atoms with Gasteiger partial charge in [0.2, 0.25) is 0 Å². The lowest BCUT2D eigenvalue weighted by Crippen LogP contribution is -2.10. The molecule has 0 amide bonds. The first kappa shape index (κ1) is 21.3. The van der Waals surface area contributed by atoms with E-state index in [2.05, 4.69) is 26.0 Å². The zero-order valence-corrected chi connectivity index (χ0v) is 16.7. The molecule has 0 radical (unpaired) electrons. The zero-order valence-electron chi connectivity index (χ0n) is 16.7. The lowest BCUT2D eigenvalue weighted by Gasteiger charge is -2.22. The van der Waals surface area contributed by atoms with E-state index >= 15 is 0 Å². The minimum absolute atomic E-state index is 0.180. The number of rotatable bonds is 12. The topological polar surface area (TPSA) is 47.9 Å². The average molecular weight is 373 g/mol. The van der Waals surface area contributed by atoms with E-state index < -0.39 is 0 Å². The summed E-state index contributed by atoms with van der Waals surface area (Å²) >= 11 is 0. The molecule has 4 heteroatoms. The van der Waals surface area contributed by atoms with Crippen molar-refractivity contribution in [2.24, 2.45) is 5.92 Å². The number of aliphatic hydroxyl groups is 1. The lowest BCUT2D eigenvalue weighted by molar-refractivity contribution is 0.169. The number of hydrogen-bond donors (Lipinski definition) is 1. The Bertz CT molecular complexity index is 655. The fraction of sp³-hybridized carbons (Fsp3) is 0.478. The van der Waals surface area contributed by atoms with Gasteiger partial charge in [-0.3, -0.25) is 0 Å². The van der Waals surface area contributed by atoms with Crippen molar-refractivity contribution in [1.29, 1.82) is 0 Å². The number of hydrogen-bond acceptors (Lipinski definition) is 4. The van der Waals surface area contributed by atoms with Crippen molar-refractivity contribution in [3.8, 4) is 11.5 Å². The average Bonchev–Trinajstić information content (AvgIpc) is 2.69. The van der Waals surface area contributed by atoms with E-state index in [0.29, 0.717) is 31.7 Å². The molecular formula is C23H32O4. The van der Waals surface area contributed by atoms with Gasteiger partial charge in [-0.15, -0.1) is 0 Å². The standard InChI is InChI=1S/C23H32O4/c1-18(2)21(12-13-24)20-10-11-22(23(16-20)26-15-7-14-25-3)27-17-19-8-5-4-6-9-19/h4-6,8-11,16,18,21,24H,7,12-15,17H2,1-3H3/t21-/m0/s1. The highest BCUT2D eigenvalue weighted by Gasteiger charge is 2.18. The van der Waals surface area contributed by atoms with Gasteiger partial charge in [-0.25, -0.2) is 0 Å². The van der Waals surface area contributed by atoms with Crippen LogP contribution in [0.15, 0.2) is 48.5 Å². The van der Waals surface area contributed by atoms with Crippen molar-refractivity contribution in [3.63, 3.8) is 0 Å². The van der Waals surface area contributed by atoms with E-state index in [0.717, 1.165) is 29.9 Å². The maximum atomic E-state index is 9.41. The molecule has 0 heterocycles. The van der Waals surface area contributed by atoms with E-state index in [4.69, 9.17) is 14.2 Å². The molecule has 0 saturated heterocycles. The third-order valence-electron chi connectivity index (χ3n) is 4.63. The molecule has 0 bridgehead atoms. The molecule has 0 fully saturated rings. The molecule has 2 aromatic carbocycles. The molecule has 27 heavy (non-hydrogen) atoms. The second-order valence-electron chi connectivity index (χ2n) is 7.04. The molecular weight excluding hydrogens is 340 g/mol. The van der Waals surface area contributed by atoms with E-state index in [1.54, 1.807) is 7.11 Å². The summed E-state index contributed by atoms with van der Waals surface area (Å²) in [4.78, 5) is 0. The maximum Gasteiger partial charge on any atom is 0.161 e.